The Morgan fingerprint density at radius 2 is 2.05 bits per heavy atom. The van der Waals surface area contributed by atoms with E-state index >= 15 is 0 Å². The van der Waals surface area contributed by atoms with Crippen LogP contribution in [-0.2, 0) is 6.54 Å². The first kappa shape index (κ1) is 13.9. The van der Waals surface area contributed by atoms with E-state index in [4.69, 9.17) is 16.3 Å². The lowest BCUT2D eigenvalue weighted by Gasteiger charge is -2.10. The molecule has 4 heteroatoms. The molecule has 0 unspecified atom stereocenters. The molecule has 106 valence electrons. The predicted molar refractivity (Wildman–Crippen MR) is 86.0 cm³/mol. The van der Waals surface area contributed by atoms with Gasteiger partial charge in [-0.25, -0.2) is 0 Å². The van der Waals surface area contributed by atoms with E-state index in [0.717, 1.165) is 28.9 Å². The third-order valence-electron chi connectivity index (χ3n) is 3.17. The topological polar surface area (TPSA) is 34.1 Å². The summed E-state index contributed by atoms with van der Waals surface area (Å²) in [6.45, 7) is 0.809. The molecule has 0 saturated carbocycles. The van der Waals surface area contributed by atoms with Crippen LogP contribution in [-0.4, -0.2) is 12.0 Å². The van der Waals surface area contributed by atoms with Crippen molar-refractivity contribution in [1.82, 2.24) is 10.3 Å². The van der Waals surface area contributed by atoms with Crippen molar-refractivity contribution >= 4 is 22.5 Å². The average Bonchev–Trinajstić information content (AvgIpc) is 2.48. The van der Waals surface area contributed by atoms with Crippen molar-refractivity contribution < 1.29 is 4.74 Å². The van der Waals surface area contributed by atoms with Gasteiger partial charge in [-0.2, -0.15) is 0 Å². The molecule has 0 fully saturated rings. The Bertz CT molecular complexity index is 774. The van der Waals surface area contributed by atoms with Gasteiger partial charge in [0.1, 0.15) is 11.5 Å². The van der Waals surface area contributed by atoms with Crippen LogP contribution in [0.15, 0.2) is 54.7 Å². The second-order valence-electron chi connectivity index (χ2n) is 4.75. The second-order valence-corrected chi connectivity index (χ2v) is 5.19. The van der Waals surface area contributed by atoms with Gasteiger partial charge in [-0.15, -0.1) is 0 Å². The predicted octanol–water partition coefficient (Wildman–Crippen LogP) is 4.40. The normalized spacial score (nSPS) is 10.8. The number of fused-ring (bicyclic) bond motifs is 1. The molecule has 3 rings (SSSR count). The third-order valence-corrected chi connectivity index (χ3v) is 3.41. The van der Waals surface area contributed by atoms with Crippen LogP contribution < -0.4 is 10.1 Å². The molecule has 21 heavy (non-hydrogen) atoms. The molecule has 0 atom stereocenters. The molecular weight excluding hydrogens is 284 g/mol. The standard InChI is InChI=1S/C17H15ClN2O/c1-19-11-12-3-2-4-14(9-12)21-17-7-8-20-16-10-13(18)5-6-15(16)17/h2-10,19H,11H2,1H3. The number of aromatic nitrogens is 1. The van der Waals surface area contributed by atoms with Crippen LogP contribution >= 0.6 is 11.6 Å². The molecule has 3 aromatic rings. The molecule has 0 spiro atoms. The van der Waals surface area contributed by atoms with Crippen LogP contribution in [0.3, 0.4) is 0 Å². The fraction of sp³-hybridized carbons (Fsp3) is 0.118. The fourth-order valence-electron chi connectivity index (χ4n) is 2.23. The summed E-state index contributed by atoms with van der Waals surface area (Å²) in [6, 6.07) is 15.5. The zero-order chi connectivity index (χ0) is 14.7. The maximum Gasteiger partial charge on any atom is 0.138 e. The van der Waals surface area contributed by atoms with Crippen molar-refractivity contribution in [3.63, 3.8) is 0 Å². The van der Waals surface area contributed by atoms with Gasteiger partial charge in [0.05, 0.1) is 5.52 Å². The van der Waals surface area contributed by atoms with Crippen LogP contribution in [0.4, 0.5) is 0 Å². The summed E-state index contributed by atoms with van der Waals surface area (Å²) in [5, 5.41) is 4.75. The molecule has 1 aromatic heterocycles. The molecule has 1 heterocycles. The highest BCUT2D eigenvalue weighted by molar-refractivity contribution is 6.31. The highest BCUT2D eigenvalue weighted by atomic mass is 35.5. The van der Waals surface area contributed by atoms with E-state index in [9.17, 15) is 0 Å². The molecule has 0 bridgehead atoms. The summed E-state index contributed by atoms with van der Waals surface area (Å²) >= 11 is 6.00. The van der Waals surface area contributed by atoms with Gasteiger partial charge in [-0.1, -0.05) is 23.7 Å². The summed E-state index contributed by atoms with van der Waals surface area (Å²) < 4.78 is 6.01. The Labute approximate surface area is 128 Å². The number of benzene rings is 2. The van der Waals surface area contributed by atoms with Gasteiger partial charge in [-0.05, 0) is 49.0 Å². The highest BCUT2D eigenvalue weighted by Gasteiger charge is 2.05. The van der Waals surface area contributed by atoms with Crippen LogP contribution in [0.5, 0.6) is 11.5 Å². The first-order valence-corrected chi connectivity index (χ1v) is 7.10. The Hall–Kier alpha value is -2.10. The quantitative estimate of drug-likeness (QED) is 0.775. The summed E-state index contributed by atoms with van der Waals surface area (Å²) in [4.78, 5) is 4.32. The van der Waals surface area contributed by atoms with Crippen LogP contribution in [0, 0.1) is 0 Å². The van der Waals surface area contributed by atoms with Crippen molar-refractivity contribution in [2.24, 2.45) is 0 Å². The number of nitrogens with one attached hydrogen (secondary N) is 1. The zero-order valence-electron chi connectivity index (χ0n) is 11.6. The monoisotopic (exact) mass is 298 g/mol. The minimum atomic E-state index is 0.670. The molecule has 3 nitrogen and oxygen atoms in total. The lowest BCUT2D eigenvalue weighted by molar-refractivity contribution is 0.487. The van der Waals surface area contributed by atoms with Gasteiger partial charge in [-0.3, -0.25) is 4.98 Å². The molecule has 0 aliphatic rings. The van der Waals surface area contributed by atoms with Gasteiger partial charge in [0.25, 0.3) is 0 Å². The fourth-order valence-corrected chi connectivity index (χ4v) is 2.40. The van der Waals surface area contributed by atoms with E-state index < -0.39 is 0 Å². The van der Waals surface area contributed by atoms with Crippen LogP contribution in [0.25, 0.3) is 10.9 Å². The largest absolute Gasteiger partial charge is 0.457 e. The number of pyridine rings is 1. The van der Waals surface area contributed by atoms with E-state index in [2.05, 4.69) is 16.4 Å². The number of hydrogen-bond donors (Lipinski definition) is 1. The SMILES string of the molecule is CNCc1cccc(Oc2ccnc3cc(Cl)ccc23)c1. The lowest BCUT2D eigenvalue weighted by Crippen LogP contribution is -2.04. The maximum absolute atomic E-state index is 6.01. The third kappa shape index (κ3) is 3.15. The van der Waals surface area contributed by atoms with Crippen molar-refractivity contribution in [1.29, 1.82) is 0 Å². The second kappa shape index (κ2) is 6.12. The van der Waals surface area contributed by atoms with Crippen molar-refractivity contribution in [2.45, 2.75) is 6.54 Å². The van der Waals surface area contributed by atoms with Gasteiger partial charge in [0.15, 0.2) is 0 Å². The number of hydrogen-bond acceptors (Lipinski definition) is 3. The van der Waals surface area contributed by atoms with Crippen molar-refractivity contribution in [3.8, 4) is 11.5 Å². The average molecular weight is 299 g/mol. The number of nitrogens with zero attached hydrogens (tertiary/aromatic N) is 1. The Morgan fingerprint density at radius 3 is 2.90 bits per heavy atom. The van der Waals surface area contributed by atoms with Crippen molar-refractivity contribution in [2.75, 3.05) is 7.05 Å². The number of rotatable bonds is 4. The smallest absolute Gasteiger partial charge is 0.138 e. The van der Waals surface area contributed by atoms with Gasteiger partial charge >= 0.3 is 0 Å². The first-order valence-electron chi connectivity index (χ1n) is 6.72. The van der Waals surface area contributed by atoms with E-state index in [1.54, 1.807) is 6.20 Å². The van der Waals surface area contributed by atoms with E-state index in [-0.39, 0.29) is 0 Å². The molecular formula is C17H15ClN2O. The summed E-state index contributed by atoms with van der Waals surface area (Å²) in [7, 11) is 1.92. The number of halogens is 1. The van der Waals surface area contributed by atoms with Gasteiger partial charge in [0, 0.05) is 23.2 Å². The van der Waals surface area contributed by atoms with E-state index in [1.165, 1.54) is 5.56 Å². The minimum absolute atomic E-state index is 0.670. The summed E-state index contributed by atoms with van der Waals surface area (Å²) in [5.41, 5.74) is 2.00. The first-order chi connectivity index (χ1) is 10.3. The Morgan fingerprint density at radius 1 is 1.14 bits per heavy atom. The molecule has 0 amide bonds. The van der Waals surface area contributed by atoms with E-state index in [1.807, 2.05) is 49.5 Å². The molecule has 0 aliphatic heterocycles. The Kier molecular flexibility index (Phi) is 4.04. The van der Waals surface area contributed by atoms with Crippen molar-refractivity contribution in [3.05, 3.63) is 65.3 Å². The molecule has 0 saturated heterocycles. The molecule has 2 aromatic carbocycles. The highest BCUT2D eigenvalue weighted by Crippen LogP contribution is 2.30. The minimum Gasteiger partial charge on any atom is -0.457 e. The molecule has 0 aliphatic carbocycles. The van der Waals surface area contributed by atoms with Gasteiger partial charge < -0.3 is 10.1 Å². The lowest BCUT2D eigenvalue weighted by atomic mass is 10.2. The number of ether oxygens (including phenoxy) is 1. The maximum atomic E-state index is 6.01. The van der Waals surface area contributed by atoms with E-state index in [0.29, 0.717) is 5.02 Å². The summed E-state index contributed by atoms with van der Waals surface area (Å²) in [6.07, 6.45) is 1.73. The molecule has 1 N–H and O–H groups in total. The van der Waals surface area contributed by atoms with Gasteiger partial charge in [0.2, 0.25) is 0 Å². The zero-order valence-corrected chi connectivity index (χ0v) is 12.4. The van der Waals surface area contributed by atoms with Crippen LogP contribution in [0.2, 0.25) is 5.02 Å². The molecule has 0 radical (unpaired) electrons. The Balaban J connectivity index is 1.96. The summed E-state index contributed by atoms with van der Waals surface area (Å²) in [5.74, 6) is 1.59. The van der Waals surface area contributed by atoms with Crippen LogP contribution in [0.1, 0.15) is 5.56 Å².